The molecule has 64 valence electrons. The second-order valence-corrected chi connectivity index (χ2v) is 3.45. The first-order valence-corrected chi connectivity index (χ1v) is 4.36. The molecular weight excluding hydrogens is 139 g/mol. The van der Waals surface area contributed by atoms with Gasteiger partial charge in [0.1, 0.15) is 0 Å². The van der Waals surface area contributed by atoms with E-state index in [9.17, 15) is 0 Å². The lowest BCUT2D eigenvalue weighted by molar-refractivity contribution is 0.500. The lowest BCUT2D eigenvalue weighted by Crippen LogP contribution is -2.38. The van der Waals surface area contributed by atoms with Crippen LogP contribution in [0.25, 0.3) is 0 Å². The van der Waals surface area contributed by atoms with Crippen molar-refractivity contribution in [3.63, 3.8) is 0 Å². The average molecular weight is 156 g/mol. The molecule has 11 heavy (non-hydrogen) atoms. The first-order chi connectivity index (χ1) is 5.22. The number of hydrogen-bond acceptors (Lipinski definition) is 3. The standard InChI is InChI=1S/C7H17BN2O/c1-8(11)10-7-3-2-6(4-7)5-9/h6-7,10-11H,2-5,9H2,1H3/t6-,7+/m1/s1. The molecule has 1 rings (SSSR count). The molecule has 0 aliphatic heterocycles. The van der Waals surface area contributed by atoms with Gasteiger partial charge < -0.3 is 16.0 Å². The summed E-state index contributed by atoms with van der Waals surface area (Å²) in [5.74, 6) is 0.672. The molecule has 0 aromatic carbocycles. The summed E-state index contributed by atoms with van der Waals surface area (Å²) in [4.78, 5) is 0. The van der Waals surface area contributed by atoms with E-state index in [1.807, 2.05) is 0 Å². The summed E-state index contributed by atoms with van der Waals surface area (Å²) in [5, 5.41) is 12.1. The summed E-state index contributed by atoms with van der Waals surface area (Å²) in [5.41, 5.74) is 5.54. The molecule has 1 fully saturated rings. The predicted molar refractivity (Wildman–Crippen MR) is 47.2 cm³/mol. The Morgan fingerprint density at radius 3 is 2.82 bits per heavy atom. The van der Waals surface area contributed by atoms with E-state index >= 15 is 0 Å². The quantitative estimate of drug-likeness (QED) is 0.496. The second-order valence-electron chi connectivity index (χ2n) is 3.45. The van der Waals surface area contributed by atoms with Crippen molar-refractivity contribution >= 4 is 7.05 Å². The molecule has 1 saturated carbocycles. The summed E-state index contributed by atoms with van der Waals surface area (Å²) < 4.78 is 0. The van der Waals surface area contributed by atoms with Crippen LogP contribution in [-0.2, 0) is 0 Å². The highest BCUT2D eigenvalue weighted by Crippen LogP contribution is 2.24. The molecular formula is C7H17BN2O. The van der Waals surface area contributed by atoms with E-state index in [0.717, 1.165) is 19.4 Å². The Labute approximate surface area is 68.5 Å². The summed E-state index contributed by atoms with van der Waals surface area (Å²) >= 11 is 0. The molecule has 0 heterocycles. The van der Waals surface area contributed by atoms with Gasteiger partial charge in [0.25, 0.3) is 0 Å². The Hall–Kier alpha value is -0.0551. The Kier molecular flexibility index (Phi) is 3.36. The summed E-state index contributed by atoms with van der Waals surface area (Å²) in [6, 6.07) is 0.489. The maximum atomic E-state index is 9.03. The van der Waals surface area contributed by atoms with Crippen LogP contribution in [0.1, 0.15) is 19.3 Å². The zero-order valence-electron chi connectivity index (χ0n) is 7.09. The third-order valence-electron chi connectivity index (χ3n) is 2.35. The third-order valence-corrected chi connectivity index (χ3v) is 2.35. The molecule has 0 saturated heterocycles. The van der Waals surface area contributed by atoms with E-state index in [1.54, 1.807) is 6.82 Å². The van der Waals surface area contributed by atoms with Crippen LogP contribution in [0.3, 0.4) is 0 Å². The molecule has 2 atom stereocenters. The molecule has 1 aliphatic carbocycles. The van der Waals surface area contributed by atoms with Crippen molar-refractivity contribution in [1.82, 2.24) is 5.23 Å². The van der Waals surface area contributed by atoms with Crippen LogP contribution in [0.5, 0.6) is 0 Å². The SMILES string of the molecule is CB(O)N[C@H]1CC[C@@H](CN)C1. The maximum absolute atomic E-state index is 9.03. The van der Waals surface area contributed by atoms with Gasteiger partial charge in [-0.25, -0.2) is 0 Å². The van der Waals surface area contributed by atoms with E-state index in [-0.39, 0.29) is 7.05 Å². The van der Waals surface area contributed by atoms with Crippen molar-refractivity contribution in [3.05, 3.63) is 0 Å². The molecule has 0 aromatic heterocycles. The lowest BCUT2D eigenvalue weighted by atomic mass is 9.87. The van der Waals surface area contributed by atoms with Gasteiger partial charge in [-0.2, -0.15) is 0 Å². The van der Waals surface area contributed by atoms with Crippen LogP contribution in [0, 0.1) is 5.92 Å². The summed E-state index contributed by atoms with van der Waals surface area (Å²) in [6.07, 6.45) is 3.50. The van der Waals surface area contributed by atoms with Crippen LogP contribution in [0.15, 0.2) is 0 Å². The van der Waals surface area contributed by atoms with Gasteiger partial charge in [-0.3, -0.25) is 0 Å². The van der Waals surface area contributed by atoms with E-state index < -0.39 is 0 Å². The Bertz CT molecular complexity index is 121. The maximum Gasteiger partial charge on any atom is 0.373 e. The summed E-state index contributed by atoms with van der Waals surface area (Å²) in [7, 11) is -0.378. The highest BCUT2D eigenvalue weighted by atomic mass is 16.2. The second kappa shape index (κ2) is 4.09. The molecule has 0 spiro atoms. The van der Waals surface area contributed by atoms with Crippen LogP contribution >= 0.6 is 0 Å². The van der Waals surface area contributed by atoms with Gasteiger partial charge in [0.2, 0.25) is 0 Å². The van der Waals surface area contributed by atoms with Crippen molar-refractivity contribution in [2.75, 3.05) is 6.54 Å². The van der Waals surface area contributed by atoms with E-state index in [4.69, 9.17) is 10.8 Å². The van der Waals surface area contributed by atoms with Crippen molar-refractivity contribution in [1.29, 1.82) is 0 Å². The minimum absolute atomic E-state index is 0.378. The largest absolute Gasteiger partial charge is 0.437 e. The van der Waals surface area contributed by atoms with Crippen LogP contribution in [0.4, 0.5) is 0 Å². The van der Waals surface area contributed by atoms with Crippen molar-refractivity contribution < 1.29 is 5.02 Å². The van der Waals surface area contributed by atoms with Gasteiger partial charge in [-0.1, -0.05) is 0 Å². The average Bonchev–Trinajstić information content (AvgIpc) is 2.34. The fourth-order valence-corrected chi connectivity index (χ4v) is 1.78. The zero-order valence-corrected chi connectivity index (χ0v) is 7.09. The van der Waals surface area contributed by atoms with Gasteiger partial charge in [-0.05, 0) is 44.6 Å². The van der Waals surface area contributed by atoms with Gasteiger partial charge in [-0.15, -0.1) is 0 Å². The molecule has 0 unspecified atom stereocenters. The van der Waals surface area contributed by atoms with Gasteiger partial charge >= 0.3 is 7.05 Å². The number of nitrogens with one attached hydrogen (secondary N) is 1. The fraction of sp³-hybridized carbons (Fsp3) is 1.00. The van der Waals surface area contributed by atoms with Crippen molar-refractivity contribution in [3.8, 4) is 0 Å². The minimum Gasteiger partial charge on any atom is -0.437 e. The van der Waals surface area contributed by atoms with Gasteiger partial charge in [0.05, 0.1) is 0 Å². The van der Waals surface area contributed by atoms with Crippen LogP contribution in [-0.4, -0.2) is 24.7 Å². The highest BCUT2D eigenvalue weighted by molar-refractivity contribution is 6.45. The smallest absolute Gasteiger partial charge is 0.373 e. The topological polar surface area (TPSA) is 58.3 Å². The molecule has 1 aliphatic rings. The van der Waals surface area contributed by atoms with Crippen molar-refractivity contribution in [2.45, 2.75) is 32.1 Å². The van der Waals surface area contributed by atoms with E-state index in [1.165, 1.54) is 6.42 Å². The Morgan fingerprint density at radius 1 is 1.64 bits per heavy atom. The van der Waals surface area contributed by atoms with Crippen LogP contribution < -0.4 is 11.0 Å². The normalized spacial score (nSPS) is 30.8. The molecule has 0 amide bonds. The molecule has 4 heteroatoms. The van der Waals surface area contributed by atoms with E-state index in [0.29, 0.717) is 12.0 Å². The molecule has 4 N–H and O–H groups in total. The zero-order chi connectivity index (χ0) is 8.27. The lowest BCUT2D eigenvalue weighted by Gasteiger charge is -2.12. The van der Waals surface area contributed by atoms with Crippen LogP contribution in [0.2, 0.25) is 6.82 Å². The fourth-order valence-electron chi connectivity index (χ4n) is 1.78. The number of nitrogens with two attached hydrogens (primary N) is 1. The van der Waals surface area contributed by atoms with Gasteiger partial charge in [0, 0.05) is 0 Å². The Balaban J connectivity index is 2.19. The number of rotatable bonds is 3. The monoisotopic (exact) mass is 156 g/mol. The first-order valence-electron chi connectivity index (χ1n) is 4.36. The molecule has 0 bridgehead atoms. The number of hydrogen-bond donors (Lipinski definition) is 3. The van der Waals surface area contributed by atoms with E-state index in [2.05, 4.69) is 5.23 Å². The predicted octanol–water partition coefficient (Wildman–Crippen LogP) is -0.186. The molecule has 0 aromatic rings. The Morgan fingerprint density at radius 2 is 2.36 bits per heavy atom. The highest BCUT2D eigenvalue weighted by Gasteiger charge is 2.24. The third kappa shape index (κ3) is 2.81. The van der Waals surface area contributed by atoms with Gasteiger partial charge in [0.15, 0.2) is 0 Å². The first kappa shape index (κ1) is 9.04. The molecule has 0 radical (unpaired) electrons. The minimum atomic E-state index is -0.378. The molecule has 3 nitrogen and oxygen atoms in total. The van der Waals surface area contributed by atoms with Crippen molar-refractivity contribution in [2.24, 2.45) is 11.7 Å². The summed E-state index contributed by atoms with van der Waals surface area (Å²) in [6.45, 7) is 2.55.